The van der Waals surface area contributed by atoms with Crippen molar-refractivity contribution in [3.05, 3.63) is 198 Å². The summed E-state index contributed by atoms with van der Waals surface area (Å²) in [7, 11) is 0. The van der Waals surface area contributed by atoms with Gasteiger partial charge in [-0.25, -0.2) is 9.98 Å². The number of fused-ring (bicyclic) bond motifs is 3. The molecule has 2 aromatic heterocycles. The molecule has 1 atom stereocenters. The Morgan fingerprint density at radius 3 is 1.96 bits per heavy atom. The van der Waals surface area contributed by atoms with Crippen molar-refractivity contribution in [3.63, 3.8) is 0 Å². The predicted octanol–water partition coefficient (Wildman–Crippen LogP) is 9.89. The Morgan fingerprint density at radius 1 is 0.623 bits per heavy atom. The molecule has 0 aliphatic rings. The largest absolute Gasteiger partial charge is 0.396 e. The number of nitrogen functional groups attached to an aromatic ring is 1. The second-order valence-electron chi connectivity index (χ2n) is 12.7. The highest BCUT2D eigenvalue weighted by Crippen LogP contribution is 2.42. The van der Waals surface area contributed by atoms with Gasteiger partial charge >= 0.3 is 0 Å². The van der Waals surface area contributed by atoms with Crippen LogP contribution in [-0.2, 0) is 6.54 Å². The standard InChI is InChI=1S/C46H37N7/c47-42-40-18-11-29-50-43(40)38-16-7-8-17-39(38)44(42)53(41-19-9-10-28-49-41)31-33-20-22-34(23-21-33)35-24-26-37(27-25-35)46(51-30-32-12-3-1-4-13-32)52-45(48)36-14-5-2-6-15-36/h1-30,46H,31,47H2,(H2,48,52). The molecule has 0 spiro atoms. The van der Waals surface area contributed by atoms with E-state index >= 15 is 0 Å². The molecule has 7 nitrogen and oxygen atoms in total. The number of hydrogen-bond donors (Lipinski definition) is 2. The molecule has 7 heteroatoms. The molecular formula is C46H37N7. The van der Waals surface area contributed by atoms with Crippen molar-refractivity contribution < 1.29 is 0 Å². The first kappa shape index (κ1) is 33.0. The van der Waals surface area contributed by atoms with E-state index in [9.17, 15) is 0 Å². The van der Waals surface area contributed by atoms with Crippen molar-refractivity contribution in [1.82, 2.24) is 9.97 Å². The number of aliphatic imine (C=N–C) groups is 2. The molecule has 256 valence electrons. The first-order valence-electron chi connectivity index (χ1n) is 17.5. The van der Waals surface area contributed by atoms with Crippen molar-refractivity contribution in [2.75, 3.05) is 10.6 Å². The predicted molar refractivity (Wildman–Crippen MR) is 220 cm³/mol. The third kappa shape index (κ3) is 7.09. The average Bonchev–Trinajstić information content (AvgIpc) is 3.23. The zero-order valence-electron chi connectivity index (χ0n) is 29.0. The van der Waals surface area contributed by atoms with Crippen LogP contribution >= 0.6 is 0 Å². The number of pyridine rings is 2. The van der Waals surface area contributed by atoms with Crippen LogP contribution in [0.1, 0.15) is 28.4 Å². The number of anilines is 3. The molecule has 0 saturated carbocycles. The van der Waals surface area contributed by atoms with Gasteiger partial charge in [-0.15, -0.1) is 0 Å². The molecule has 1 unspecified atom stereocenters. The Balaban J connectivity index is 1.10. The van der Waals surface area contributed by atoms with Crippen LogP contribution in [-0.4, -0.2) is 22.0 Å². The summed E-state index contributed by atoms with van der Waals surface area (Å²) in [5.74, 6) is 1.25. The van der Waals surface area contributed by atoms with Crippen molar-refractivity contribution in [1.29, 1.82) is 0 Å². The number of amidine groups is 1. The summed E-state index contributed by atoms with van der Waals surface area (Å²) in [6, 6.07) is 55.0. The van der Waals surface area contributed by atoms with Crippen LogP contribution in [0.15, 0.2) is 186 Å². The van der Waals surface area contributed by atoms with Gasteiger partial charge in [0.25, 0.3) is 0 Å². The van der Waals surface area contributed by atoms with Crippen molar-refractivity contribution in [2.45, 2.75) is 12.7 Å². The van der Waals surface area contributed by atoms with Gasteiger partial charge in [-0.1, -0.05) is 140 Å². The third-order valence-electron chi connectivity index (χ3n) is 9.32. The van der Waals surface area contributed by atoms with Gasteiger partial charge in [-0.2, -0.15) is 0 Å². The van der Waals surface area contributed by atoms with Crippen molar-refractivity contribution >= 4 is 50.9 Å². The maximum Gasteiger partial charge on any atom is 0.167 e. The fraction of sp³-hybridized carbons (Fsp3) is 0.0435. The summed E-state index contributed by atoms with van der Waals surface area (Å²) in [6.45, 7) is 0.568. The van der Waals surface area contributed by atoms with Crippen LogP contribution in [0, 0.1) is 0 Å². The van der Waals surface area contributed by atoms with Gasteiger partial charge in [0, 0.05) is 46.9 Å². The summed E-state index contributed by atoms with van der Waals surface area (Å²) in [6.07, 6.45) is 4.97. The quantitative estimate of drug-likeness (QED) is 0.0490. The summed E-state index contributed by atoms with van der Waals surface area (Å²) in [4.78, 5) is 21.3. The monoisotopic (exact) mass is 687 g/mol. The van der Waals surface area contributed by atoms with E-state index in [0.717, 1.165) is 66.6 Å². The third-order valence-corrected chi connectivity index (χ3v) is 9.32. The molecule has 4 N–H and O–H groups in total. The SMILES string of the molecule is NC(=NC(N=Cc1ccccc1)c1ccc(-c2ccc(CN(c3ccccn3)c3c(N)c4cccnc4c4ccccc34)cc2)cc1)c1ccccc1. The number of nitrogens with zero attached hydrogens (tertiary/aromatic N) is 5. The van der Waals surface area contributed by atoms with Gasteiger partial charge in [0.1, 0.15) is 11.7 Å². The molecule has 0 saturated heterocycles. The van der Waals surface area contributed by atoms with E-state index in [1.807, 2.05) is 122 Å². The summed E-state index contributed by atoms with van der Waals surface area (Å²) in [5, 5.41) is 3.00. The molecule has 6 aromatic carbocycles. The minimum absolute atomic E-state index is 0.440. The van der Waals surface area contributed by atoms with Crippen LogP contribution < -0.4 is 16.4 Å². The van der Waals surface area contributed by atoms with E-state index < -0.39 is 6.17 Å². The van der Waals surface area contributed by atoms with Crippen LogP contribution in [0.5, 0.6) is 0 Å². The van der Waals surface area contributed by atoms with E-state index in [4.69, 9.17) is 31.4 Å². The van der Waals surface area contributed by atoms with Gasteiger partial charge in [-0.3, -0.25) is 9.98 Å². The van der Waals surface area contributed by atoms with E-state index in [1.165, 1.54) is 0 Å². The van der Waals surface area contributed by atoms with Gasteiger partial charge in [0.2, 0.25) is 0 Å². The lowest BCUT2D eigenvalue weighted by molar-refractivity contribution is 0.781. The van der Waals surface area contributed by atoms with E-state index in [2.05, 4.69) is 65.6 Å². The Bertz CT molecular complexity index is 2530. The average molecular weight is 688 g/mol. The van der Waals surface area contributed by atoms with Gasteiger partial charge < -0.3 is 16.4 Å². The summed E-state index contributed by atoms with van der Waals surface area (Å²) >= 11 is 0. The number of aromatic nitrogens is 2. The highest BCUT2D eigenvalue weighted by atomic mass is 15.2. The molecule has 8 rings (SSSR count). The fourth-order valence-corrected chi connectivity index (χ4v) is 6.62. The second kappa shape index (κ2) is 15.0. The summed E-state index contributed by atoms with van der Waals surface area (Å²) < 4.78 is 0. The normalized spacial score (nSPS) is 12.3. The van der Waals surface area contributed by atoms with E-state index in [1.54, 1.807) is 0 Å². The minimum atomic E-state index is -0.501. The molecule has 0 radical (unpaired) electrons. The van der Waals surface area contributed by atoms with E-state index in [-0.39, 0.29) is 0 Å². The molecule has 0 fully saturated rings. The van der Waals surface area contributed by atoms with Gasteiger partial charge in [-0.05, 0) is 52.1 Å². The molecule has 53 heavy (non-hydrogen) atoms. The maximum absolute atomic E-state index is 6.98. The fourth-order valence-electron chi connectivity index (χ4n) is 6.62. The second-order valence-corrected chi connectivity index (χ2v) is 12.7. The lowest BCUT2D eigenvalue weighted by Gasteiger charge is -2.28. The lowest BCUT2D eigenvalue weighted by atomic mass is 9.99. The van der Waals surface area contributed by atoms with Crippen LogP contribution in [0.2, 0.25) is 0 Å². The maximum atomic E-state index is 6.98. The molecule has 0 aliphatic heterocycles. The molecule has 0 aliphatic carbocycles. The smallest absolute Gasteiger partial charge is 0.167 e. The van der Waals surface area contributed by atoms with Crippen LogP contribution in [0.4, 0.5) is 17.2 Å². The zero-order valence-corrected chi connectivity index (χ0v) is 29.0. The molecular weight excluding hydrogens is 651 g/mol. The van der Waals surface area contributed by atoms with Gasteiger partial charge in [0.05, 0.1) is 16.9 Å². The Kier molecular flexibility index (Phi) is 9.36. The number of benzene rings is 6. The minimum Gasteiger partial charge on any atom is -0.396 e. The first-order valence-corrected chi connectivity index (χ1v) is 17.5. The number of hydrogen-bond acceptors (Lipinski definition) is 6. The van der Waals surface area contributed by atoms with E-state index in [0.29, 0.717) is 18.1 Å². The number of nitrogens with two attached hydrogens (primary N) is 2. The Hall–Kier alpha value is -7.12. The first-order chi connectivity index (χ1) is 26.1. The molecule has 2 heterocycles. The van der Waals surface area contributed by atoms with Crippen LogP contribution in [0.25, 0.3) is 32.8 Å². The highest BCUT2D eigenvalue weighted by Gasteiger charge is 2.21. The highest BCUT2D eigenvalue weighted by molar-refractivity contribution is 6.18. The Morgan fingerprint density at radius 2 is 1.25 bits per heavy atom. The lowest BCUT2D eigenvalue weighted by Crippen LogP contribution is -2.19. The van der Waals surface area contributed by atoms with Gasteiger partial charge in [0.15, 0.2) is 6.17 Å². The van der Waals surface area contributed by atoms with Crippen molar-refractivity contribution in [2.24, 2.45) is 15.7 Å². The van der Waals surface area contributed by atoms with Crippen LogP contribution in [0.3, 0.4) is 0 Å². The molecule has 0 bridgehead atoms. The topological polar surface area (TPSA) is 106 Å². The molecule has 0 amide bonds. The molecule has 8 aromatic rings. The Labute approximate surface area is 308 Å². The zero-order chi connectivity index (χ0) is 36.0. The van der Waals surface area contributed by atoms with Crippen molar-refractivity contribution in [3.8, 4) is 11.1 Å². The summed E-state index contributed by atoms with van der Waals surface area (Å²) in [5.41, 5.74) is 22.0. The number of rotatable bonds is 10.